The lowest BCUT2D eigenvalue weighted by Crippen LogP contribution is -2.34. The lowest BCUT2D eigenvalue weighted by atomic mass is 9.95. The van der Waals surface area contributed by atoms with Crippen LogP contribution in [0.5, 0.6) is 0 Å². The average Bonchev–Trinajstić information content (AvgIpc) is 2.41. The second-order valence-corrected chi connectivity index (χ2v) is 5.60. The molecule has 1 fully saturated rings. The smallest absolute Gasteiger partial charge is 0.288 e. The van der Waals surface area contributed by atoms with E-state index in [0.29, 0.717) is 0 Å². The van der Waals surface area contributed by atoms with Crippen LogP contribution in [0.2, 0.25) is 5.02 Å². The van der Waals surface area contributed by atoms with Gasteiger partial charge in [0.15, 0.2) is 0 Å². The van der Waals surface area contributed by atoms with E-state index in [1.165, 1.54) is 19.3 Å². The monoisotopic (exact) mass is 282 g/mol. The van der Waals surface area contributed by atoms with Crippen LogP contribution in [0.3, 0.4) is 0 Å². The van der Waals surface area contributed by atoms with E-state index in [2.05, 4.69) is 11.8 Å². The summed E-state index contributed by atoms with van der Waals surface area (Å²) in [6, 6.07) is 5.10. The molecule has 1 unspecified atom stereocenters. The Morgan fingerprint density at radius 3 is 3.00 bits per heavy atom. The molecule has 0 spiro atoms. The second-order valence-electron chi connectivity index (χ2n) is 5.19. The SMILES string of the molecule is CCC1CCCN(Cc2ccc(Cl)c([N+](=O)[O-])c2)C1. The molecular formula is C14H19ClN2O2. The molecule has 1 saturated heterocycles. The van der Waals surface area contributed by atoms with Gasteiger partial charge in [-0.25, -0.2) is 0 Å². The van der Waals surface area contributed by atoms with Crippen LogP contribution in [0.1, 0.15) is 31.7 Å². The highest BCUT2D eigenvalue weighted by molar-refractivity contribution is 6.32. The molecule has 0 saturated carbocycles. The topological polar surface area (TPSA) is 46.4 Å². The number of nitro groups is 1. The van der Waals surface area contributed by atoms with E-state index in [0.717, 1.165) is 31.1 Å². The van der Waals surface area contributed by atoms with Gasteiger partial charge in [0.2, 0.25) is 0 Å². The Bertz CT molecular complexity index is 465. The summed E-state index contributed by atoms with van der Waals surface area (Å²) < 4.78 is 0. The van der Waals surface area contributed by atoms with Gasteiger partial charge in [0, 0.05) is 19.2 Å². The number of nitrogens with zero attached hydrogens (tertiary/aromatic N) is 2. The lowest BCUT2D eigenvalue weighted by molar-refractivity contribution is -0.384. The highest BCUT2D eigenvalue weighted by Gasteiger charge is 2.19. The molecule has 1 aromatic rings. The van der Waals surface area contributed by atoms with E-state index in [9.17, 15) is 10.1 Å². The normalized spacial score (nSPS) is 20.4. The Balaban J connectivity index is 2.06. The van der Waals surface area contributed by atoms with Gasteiger partial charge >= 0.3 is 0 Å². The van der Waals surface area contributed by atoms with Gasteiger partial charge < -0.3 is 0 Å². The number of piperidine rings is 1. The second kappa shape index (κ2) is 6.35. The zero-order valence-electron chi connectivity index (χ0n) is 11.1. The third kappa shape index (κ3) is 3.67. The average molecular weight is 283 g/mol. The molecule has 1 aliphatic rings. The van der Waals surface area contributed by atoms with E-state index >= 15 is 0 Å². The summed E-state index contributed by atoms with van der Waals surface area (Å²) in [6.45, 7) is 5.16. The van der Waals surface area contributed by atoms with Crippen molar-refractivity contribution in [2.24, 2.45) is 5.92 Å². The standard InChI is InChI=1S/C14H19ClN2O2/c1-2-11-4-3-7-16(9-11)10-12-5-6-13(15)14(8-12)17(18)19/h5-6,8,11H,2-4,7,9-10H2,1H3. The molecule has 1 heterocycles. The fraction of sp³-hybridized carbons (Fsp3) is 0.571. The van der Waals surface area contributed by atoms with E-state index in [1.807, 2.05) is 6.07 Å². The molecule has 5 heteroatoms. The molecule has 19 heavy (non-hydrogen) atoms. The minimum absolute atomic E-state index is 0.00298. The first-order chi connectivity index (χ1) is 9.10. The summed E-state index contributed by atoms with van der Waals surface area (Å²) in [4.78, 5) is 12.8. The lowest BCUT2D eigenvalue weighted by Gasteiger charge is -2.32. The van der Waals surface area contributed by atoms with Crippen molar-refractivity contribution < 1.29 is 4.92 Å². The van der Waals surface area contributed by atoms with Gasteiger partial charge in [-0.05, 0) is 36.9 Å². The Morgan fingerprint density at radius 1 is 1.53 bits per heavy atom. The van der Waals surface area contributed by atoms with Crippen molar-refractivity contribution in [1.29, 1.82) is 0 Å². The van der Waals surface area contributed by atoms with Crippen molar-refractivity contribution in [2.75, 3.05) is 13.1 Å². The van der Waals surface area contributed by atoms with Crippen LogP contribution >= 0.6 is 11.6 Å². The minimum Gasteiger partial charge on any atom is -0.299 e. The molecule has 1 atom stereocenters. The largest absolute Gasteiger partial charge is 0.299 e. The molecule has 1 aliphatic heterocycles. The summed E-state index contributed by atoms with van der Waals surface area (Å²) in [5, 5.41) is 11.1. The first-order valence-electron chi connectivity index (χ1n) is 6.75. The van der Waals surface area contributed by atoms with E-state index in [-0.39, 0.29) is 10.7 Å². The van der Waals surface area contributed by atoms with Crippen molar-refractivity contribution in [3.8, 4) is 0 Å². The van der Waals surface area contributed by atoms with Crippen LogP contribution in [0.25, 0.3) is 0 Å². The molecule has 0 aromatic heterocycles. The third-order valence-corrected chi connectivity index (χ3v) is 4.11. The molecule has 104 valence electrons. The van der Waals surface area contributed by atoms with Gasteiger partial charge in [-0.15, -0.1) is 0 Å². The number of likely N-dealkylation sites (tertiary alicyclic amines) is 1. The molecule has 0 N–H and O–H groups in total. The van der Waals surface area contributed by atoms with Crippen molar-refractivity contribution in [2.45, 2.75) is 32.7 Å². The molecule has 0 bridgehead atoms. The van der Waals surface area contributed by atoms with Crippen LogP contribution in [-0.2, 0) is 6.54 Å². The maximum absolute atomic E-state index is 10.9. The number of rotatable bonds is 4. The maximum atomic E-state index is 10.9. The first-order valence-corrected chi connectivity index (χ1v) is 7.13. The Hall–Kier alpha value is -1.13. The number of halogens is 1. The molecule has 1 aromatic carbocycles. The van der Waals surface area contributed by atoms with Crippen LogP contribution in [0.15, 0.2) is 18.2 Å². The summed E-state index contributed by atoms with van der Waals surface area (Å²) >= 11 is 5.82. The summed E-state index contributed by atoms with van der Waals surface area (Å²) in [7, 11) is 0. The van der Waals surface area contributed by atoms with Crippen molar-refractivity contribution >= 4 is 17.3 Å². The fourth-order valence-electron chi connectivity index (χ4n) is 2.68. The van der Waals surface area contributed by atoms with Crippen molar-refractivity contribution in [3.05, 3.63) is 38.9 Å². The van der Waals surface area contributed by atoms with E-state index in [1.54, 1.807) is 12.1 Å². The number of hydrogen-bond donors (Lipinski definition) is 0. The van der Waals surface area contributed by atoms with Gasteiger partial charge in [0.05, 0.1) is 4.92 Å². The Labute approximate surface area is 118 Å². The zero-order chi connectivity index (χ0) is 13.8. The number of hydrogen-bond acceptors (Lipinski definition) is 3. The number of nitro benzene ring substituents is 1. The van der Waals surface area contributed by atoms with Crippen LogP contribution in [0.4, 0.5) is 5.69 Å². The molecular weight excluding hydrogens is 264 g/mol. The van der Waals surface area contributed by atoms with Crippen LogP contribution in [-0.4, -0.2) is 22.9 Å². The minimum atomic E-state index is -0.420. The Kier molecular flexibility index (Phi) is 4.77. The van der Waals surface area contributed by atoms with Crippen LogP contribution < -0.4 is 0 Å². The van der Waals surface area contributed by atoms with Gasteiger partial charge in [0.25, 0.3) is 5.69 Å². The maximum Gasteiger partial charge on any atom is 0.288 e. The number of benzene rings is 1. The third-order valence-electron chi connectivity index (χ3n) is 3.79. The molecule has 0 aliphatic carbocycles. The highest BCUT2D eigenvalue weighted by Crippen LogP contribution is 2.27. The fourth-order valence-corrected chi connectivity index (χ4v) is 2.87. The van der Waals surface area contributed by atoms with Crippen LogP contribution in [0, 0.1) is 16.0 Å². The quantitative estimate of drug-likeness (QED) is 0.622. The van der Waals surface area contributed by atoms with Crippen molar-refractivity contribution in [3.63, 3.8) is 0 Å². The van der Waals surface area contributed by atoms with Gasteiger partial charge in [0.1, 0.15) is 5.02 Å². The van der Waals surface area contributed by atoms with Gasteiger partial charge in [-0.2, -0.15) is 0 Å². The Morgan fingerprint density at radius 2 is 2.32 bits per heavy atom. The van der Waals surface area contributed by atoms with E-state index < -0.39 is 4.92 Å². The molecule has 2 rings (SSSR count). The highest BCUT2D eigenvalue weighted by atomic mass is 35.5. The van der Waals surface area contributed by atoms with E-state index in [4.69, 9.17) is 11.6 Å². The molecule has 0 amide bonds. The predicted octanol–water partition coefficient (Wildman–Crippen LogP) is 3.87. The molecule has 4 nitrogen and oxygen atoms in total. The predicted molar refractivity (Wildman–Crippen MR) is 76.4 cm³/mol. The first kappa shape index (κ1) is 14.3. The van der Waals surface area contributed by atoms with Gasteiger partial charge in [-0.3, -0.25) is 15.0 Å². The zero-order valence-corrected chi connectivity index (χ0v) is 11.9. The van der Waals surface area contributed by atoms with Crippen molar-refractivity contribution in [1.82, 2.24) is 4.90 Å². The van der Waals surface area contributed by atoms with Gasteiger partial charge in [-0.1, -0.05) is 31.0 Å². The molecule has 0 radical (unpaired) electrons. The summed E-state index contributed by atoms with van der Waals surface area (Å²) in [6.07, 6.45) is 3.72. The summed E-state index contributed by atoms with van der Waals surface area (Å²) in [5.41, 5.74) is 0.969. The summed E-state index contributed by atoms with van der Waals surface area (Å²) in [5.74, 6) is 0.760.